The first-order valence-corrected chi connectivity index (χ1v) is 8.09. The summed E-state index contributed by atoms with van der Waals surface area (Å²) in [5.74, 6) is 0.285. The highest BCUT2D eigenvalue weighted by molar-refractivity contribution is 6.30. The summed E-state index contributed by atoms with van der Waals surface area (Å²) in [5.41, 5.74) is 2.00. The van der Waals surface area contributed by atoms with E-state index in [4.69, 9.17) is 16.3 Å². The maximum atomic E-state index is 12.9. The first-order chi connectivity index (χ1) is 11.1. The van der Waals surface area contributed by atoms with Crippen molar-refractivity contribution in [2.24, 2.45) is 5.92 Å². The number of Topliss-reactive ketones (excluding diaryl/α,β-unsaturated/α-hetero) is 1. The van der Waals surface area contributed by atoms with Gasteiger partial charge in [-0.25, -0.2) is 4.39 Å². The van der Waals surface area contributed by atoms with E-state index in [1.54, 1.807) is 12.1 Å². The average Bonchev–Trinajstić information content (AvgIpc) is 2.98. The van der Waals surface area contributed by atoms with Gasteiger partial charge >= 0.3 is 0 Å². The van der Waals surface area contributed by atoms with Gasteiger partial charge in [0.1, 0.15) is 11.6 Å². The lowest BCUT2D eigenvalue weighted by Crippen LogP contribution is -2.16. The molecule has 0 saturated carbocycles. The third-order valence-electron chi connectivity index (χ3n) is 4.30. The predicted octanol–water partition coefficient (Wildman–Crippen LogP) is 4.41. The monoisotopic (exact) mass is 332 g/mol. The van der Waals surface area contributed by atoms with Crippen LogP contribution in [0.3, 0.4) is 0 Å². The molecule has 0 amide bonds. The van der Waals surface area contributed by atoms with Gasteiger partial charge < -0.3 is 4.74 Å². The second-order valence-corrected chi connectivity index (χ2v) is 6.44. The highest BCUT2D eigenvalue weighted by Crippen LogP contribution is 2.34. The summed E-state index contributed by atoms with van der Waals surface area (Å²) in [6.07, 6.45) is 0.814. The van der Waals surface area contributed by atoms with Crippen LogP contribution in [0, 0.1) is 11.7 Å². The SMILES string of the molecule is O=C(Cc1ccc(F)cc1)CC1COC[C@H]1c1ccc(Cl)cc1. The molecule has 4 heteroatoms. The molecule has 1 unspecified atom stereocenters. The Labute approximate surface area is 140 Å². The molecule has 120 valence electrons. The van der Waals surface area contributed by atoms with Gasteiger partial charge in [0.05, 0.1) is 13.2 Å². The number of ether oxygens (including phenoxy) is 1. The maximum Gasteiger partial charge on any atom is 0.137 e. The summed E-state index contributed by atoms with van der Waals surface area (Å²) in [7, 11) is 0. The topological polar surface area (TPSA) is 26.3 Å². The van der Waals surface area contributed by atoms with E-state index in [0.717, 1.165) is 11.1 Å². The summed E-state index contributed by atoms with van der Waals surface area (Å²) in [6, 6.07) is 13.8. The van der Waals surface area contributed by atoms with Crippen LogP contribution in [0.1, 0.15) is 23.5 Å². The van der Waals surface area contributed by atoms with Crippen LogP contribution in [0.5, 0.6) is 0 Å². The van der Waals surface area contributed by atoms with Crippen molar-refractivity contribution < 1.29 is 13.9 Å². The number of carbonyl (C=O) groups is 1. The second kappa shape index (κ2) is 7.24. The largest absolute Gasteiger partial charge is 0.380 e. The second-order valence-electron chi connectivity index (χ2n) is 6.00. The third-order valence-corrected chi connectivity index (χ3v) is 4.55. The van der Waals surface area contributed by atoms with Gasteiger partial charge in [-0.3, -0.25) is 4.79 Å². The van der Waals surface area contributed by atoms with E-state index >= 15 is 0 Å². The molecule has 2 aromatic rings. The van der Waals surface area contributed by atoms with Gasteiger partial charge in [-0.15, -0.1) is 0 Å². The zero-order valence-electron chi connectivity index (χ0n) is 12.7. The number of hydrogen-bond acceptors (Lipinski definition) is 2. The third kappa shape index (κ3) is 4.18. The molecule has 0 radical (unpaired) electrons. The quantitative estimate of drug-likeness (QED) is 0.810. The van der Waals surface area contributed by atoms with E-state index in [1.165, 1.54) is 12.1 Å². The van der Waals surface area contributed by atoms with E-state index in [1.807, 2.05) is 24.3 Å². The fourth-order valence-electron chi connectivity index (χ4n) is 3.07. The molecule has 1 aliphatic heterocycles. The van der Waals surface area contributed by atoms with E-state index in [2.05, 4.69) is 0 Å². The number of hydrogen-bond donors (Lipinski definition) is 0. The molecular weight excluding hydrogens is 315 g/mol. The summed E-state index contributed by atoms with van der Waals surface area (Å²) < 4.78 is 18.5. The van der Waals surface area contributed by atoms with Crippen LogP contribution in [-0.4, -0.2) is 19.0 Å². The van der Waals surface area contributed by atoms with Crippen LogP contribution in [-0.2, 0) is 16.0 Å². The fraction of sp³-hybridized carbons (Fsp3) is 0.316. The van der Waals surface area contributed by atoms with Crippen molar-refractivity contribution >= 4 is 17.4 Å². The first-order valence-electron chi connectivity index (χ1n) is 7.71. The molecule has 2 nitrogen and oxygen atoms in total. The van der Waals surface area contributed by atoms with Gasteiger partial charge in [-0.2, -0.15) is 0 Å². The van der Waals surface area contributed by atoms with Crippen molar-refractivity contribution in [3.8, 4) is 0 Å². The van der Waals surface area contributed by atoms with Gasteiger partial charge in [-0.1, -0.05) is 35.9 Å². The van der Waals surface area contributed by atoms with Crippen molar-refractivity contribution in [1.82, 2.24) is 0 Å². The minimum Gasteiger partial charge on any atom is -0.380 e. The van der Waals surface area contributed by atoms with Crippen LogP contribution in [0.2, 0.25) is 5.02 Å². The fourth-order valence-corrected chi connectivity index (χ4v) is 3.20. The standard InChI is InChI=1S/C19H18ClFO2/c20-16-5-3-14(4-6-16)19-12-23-11-15(19)10-18(22)9-13-1-7-17(21)8-2-13/h1-8,15,19H,9-12H2/t15?,19-/m0/s1. The Kier molecular flexibility index (Phi) is 5.09. The van der Waals surface area contributed by atoms with E-state index in [-0.39, 0.29) is 23.4 Å². The van der Waals surface area contributed by atoms with Gasteiger partial charge in [0.25, 0.3) is 0 Å². The lowest BCUT2D eigenvalue weighted by molar-refractivity contribution is -0.119. The van der Waals surface area contributed by atoms with Crippen LogP contribution >= 0.6 is 11.6 Å². The predicted molar refractivity (Wildman–Crippen MR) is 88.2 cm³/mol. The molecule has 1 fully saturated rings. The summed E-state index contributed by atoms with van der Waals surface area (Å²) >= 11 is 5.93. The smallest absolute Gasteiger partial charge is 0.137 e. The molecule has 3 rings (SSSR count). The van der Waals surface area contributed by atoms with Gasteiger partial charge in [0, 0.05) is 23.8 Å². The Balaban J connectivity index is 1.62. The highest BCUT2D eigenvalue weighted by Gasteiger charge is 2.31. The lowest BCUT2D eigenvalue weighted by atomic mass is 9.85. The molecule has 1 heterocycles. The van der Waals surface area contributed by atoms with Crippen LogP contribution in [0.25, 0.3) is 0 Å². The summed E-state index contributed by atoms with van der Waals surface area (Å²) in [6.45, 7) is 1.23. The molecule has 0 aliphatic carbocycles. The molecule has 0 aromatic heterocycles. The lowest BCUT2D eigenvalue weighted by Gasteiger charge is -2.17. The van der Waals surface area contributed by atoms with Gasteiger partial charge in [0.2, 0.25) is 0 Å². The summed E-state index contributed by atoms with van der Waals surface area (Å²) in [4.78, 5) is 12.3. The molecular formula is C19H18ClFO2. The normalized spacial score (nSPS) is 20.6. The number of halogens is 2. The van der Waals surface area contributed by atoms with Crippen LogP contribution in [0.4, 0.5) is 4.39 Å². The Morgan fingerprint density at radius 1 is 1.09 bits per heavy atom. The van der Waals surface area contributed by atoms with Crippen molar-refractivity contribution in [1.29, 1.82) is 0 Å². The Hall–Kier alpha value is -1.71. The molecule has 0 spiro atoms. The van der Waals surface area contributed by atoms with Crippen LogP contribution < -0.4 is 0 Å². The van der Waals surface area contributed by atoms with Gasteiger partial charge in [-0.05, 0) is 41.3 Å². The molecule has 0 bridgehead atoms. The Morgan fingerprint density at radius 3 is 2.48 bits per heavy atom. The first kappa shape index (κ1) is 16.2. The number of ketones is 1. The zero-order valence-corrected chi connectivity index (χ0v) is 13.4. The molecule has 2 aromatic carbocycles. The van der Waals surface area contributed by atoms with Gasteiger partial charge in [0.15, 0.2) is 0 Å². The molecule has 1 saturated heterocycles. The Morgan fingerprint density at radius 2 is 1.78 bits per heavy atom. The molecule has 2 atom stereocenters. The minimum absolute atomic E-state index is 0.158. The minimum atomic E-state index is -0.284. The molecule has 23 heavy (non-hydrogen) atoms. The number of carbonyl (C=O) groups excluding carboxylic acids is 1. The van der Waals surface area contributed by atoms with Crippen molar-refractivity contribution in [2.75, 3.05) is 13.2 Å². The average molecular weight is 333 g/mol. The highest BCUT2D eigenvalue weighted by atomic mass is 35.5. The Bertz CT molecular complexity index is 667. The number of benzene rings is 2. The molecule has 1 aliphatic rings. The number of rotatable bonds is 5. The van der Waals surface area contributed by atoms with E-state index in [9.17, 15) is 9.18 Å². The maximum absolute atomic E-state index is 12.9. The van der Waals surface area contributed by atoms with Crippen molar-refractivity contribution in [3.05, 3.63) is 70.5 Å². The zero-order chi connectivity index (χ0) is 16.2. The van der Waals surface area contributed by atoms with E-state index in [0.29, 0.717) is 31.1 Å². The van der Waals surface area contributed by atoms with Crippen molar-refractivity contribution in [2.45, 2.75) is 18.8 Å². The van der Waals surface area contributed by atoms with E-state index < -0.39 is 0 Å². The summed E-state index contributed by atoms with van der Waals surface area (Å²) in [5, 5.41) is 0.705. The van der Waals surface area contributed by atoms with Crippen molar-refractivity contribution in [3.63, 3.8) is 0 Å². The van der Waals surface area contributed by atoms with Crippen LogP contribution in [0.15, 0.2) is 48.5 Å². The molecule has 0 N–H and O–H groups in total.